The van der Waals surface area contributed by atoms with Crippen molar-refractivity contribution >= 4 is 5.71 Å². The fourth-order valence-electron chi connectivity index (χ4n) is 3.92. The predicted octanol–water partition coefficient (Wildman–Crippen LogP) is 2.79. The van der Waals surface area contributed by atoms with Gasteiger partial charge in [0.25, 0.3) is 0 Å². The molecule has 0 atom stereocenters. The van der Waals surface area contributed by atoms with E-state index in [-0.39, 0.29) is 12.3 Å². The third kappa shape index (κ3) is 3.72. The van der Waals surface area contributed by atoms with Crippen LogP contribution in [0.4, 0.5) is 0 Å². The van der Waals surface area contributed by atoms with Crippen LogP contribution in [0, 0.1) is 0 Å². The van der Waals surface area contributed by atoms with Crippen molar-refractivity contribution in [1.82, 2.24) is 19.8 Å². The van der Waals surface area contributed by atoms with Gasteiger partial charge in [0.2, 0.25) is 0 Å². The second-order valence-electron chi connectivity index (χ2n) is 7.36. The monoisotopic (exact) mass is 407 g/mol. The summed E-state index contributed by atoms with van der Waals surface area (Å²) >= 11 is 0. The maximum atomic E-state index is 12.3. The number of methoxy groups -OCH3 is 1. The van der Waals surface area contributed by atoms with Crippen LogP contribution in [-0.4, -0.2) is 32.6 Å². The van der Waals surface area contributed by atoms with Crippen LogP contribution in [0.1, 0.15) is 42.0 Å². The van der Waals surface area contributed by atoms with Crippen molar-refractivity contribution in [3.05, 3.63) is 69.1 Å². The Morgan fingerprint density at radius 2 is 1.93 bits per heavy atom. The highest BCUT2D eigenvalue weighted by Gasteiger charge is 2.17. The molecule has 8 nitrogen and oxygen atoms in total. The number of fused-ring (bicyclic) bond motifs is 1. The first-order chi connectivity index (χ1) is 14.6. The fourth-order valence-corrected chi connectivity index (χ4v) is 3.92. The summed E-state index contributed by atoms with van der Waals surface area (Å²) in [5.41, 5.74) is 5.63. The average molecular weight is 407 g/mol. The van der Waals surface area contributed by atoms with Crippen LogP contribution in [-0.2, 0) is 31.3 Å². The quantitative estimate of drug-likeness (QED) is 0.463. The number of ether oxygens (including phenoxy) is 1. The molecule has 30 heavy (non-hydrogen) atoms. The van der Waals surface area contributed by atoms with E-state index in [9.17, 15) is 4.79 Å². The Hall–Kier alpha value is -3.42. The standard InChI is InChI=1S/C22H25N5O3/c1-15(17-11-6-9-16-8-4-5-10-18(16)17)23-30-14-19-20(12-7-13-21(19)29-3)27-22(28)26(2)24-25-27/h6-7,9,11-13H,4-5,8,10,14H2,1-3H3. The van der Waals surface area contributed by atoms with Crippen LogP contribution in [0.5, 0.6) is 5.75 Å². The molecule has 1 aliphatic carbocycles. The summed E-state index contributed by atoms with van der Waals surface area (Å²) in [5.74, 6) is 0.593. The number of hydrogen-bond donors (Lipinski definition) is 0. The highest BCUT2D eigenvalue weighted by Crippen LogP contribution is 2.27. The molecule has 0 radical (unpaired) electrons. The Bertz CT molecular complexity index is 1150. The van der Waals surface area contributed by atoms with Crippen molar-refractivity contribution in [1.29, 1.82) is 0 Å². The van der Waals surface area contributed by atoms with Crippen molar-refractivity contribution in [3.8, 4) is 11.4 Å². The van der Waals surface area contributed by atoms with Gasteiger partial charge in [0.05, 0.1) is 24.1 Å². The number of oxime groups is 1. The van der Waals surface area contributed by atoms with Crippen LogP contribution >= 0.6 is 0 Å². The third-order valence-corrected chi connectivity index (χ3v) is 5.47. The van der Waals surface area contributed by atoms with Gasteiger partial charge in [-0.3, -0.25) is 0 Å². The largest absolute Gasteiger partial charge is 0.496 e. The molecule has 1 heterocycles. The van der Waals surface area contributed by atoms with E-state index in [1.54, 1.807) is 26.3 Å². The van der Waals surface area contributed by atoms with E-state index in [1.165, 1.54) is 33.3 Å². The highest BCUT2D eigenvalue weighted by molar-refractivity contribution is 6.00. The first kappa shape index (κ1) is 19.9. The molecule has 0 fully saturated rings. The molecule has 0 N–H and O–H groups in total. The van der Waals surface area contributed by atoms with Crippen LogP contribution in [0.2, 0.25) is 0 Å². The lowest BCUT2D eigenvalue weighted by atomic mass is 9.87. The molecule has 156 valence electrons. The van der Waals surface area contributed by atoms with Gasteiger partial charge in [0.15, 0.2) is 0 Å². The van der Waals surface area contributed by atoms with Crippen LogP contribution < -0.4 is 10.4 Å². The van der Waals surface area contributed by atoms with Gasteiger partial charge in [0.1, 0.15) is 12.4 Å². The molecular formula is C22H25N5O3. The van der Waals surface area contributed by atoms with Gasteiger partial charge < -0.3 is 9.57 Å². The van der Waals surface area contributed by atoms with Crippen LogP contribution in [0.25, 0.3) is 5.69 Å². The molecular weight excluding hydrogens is 382 g/mol. The second-order valence-corrected chi connectivity index (χ2v) is 7.36. The summed E-state index contributed by atoms with van der Waals surface area (Å²) in [6.45, 7) is 2.09. The number of nitrogens with zero attached hydrogens (tertiary/aromatic N) is 5. The van der Waals surface area contributed by atoms with E-state index in [4.69, 9.17) is 9.57 Å². The van der Waals surface area contributed by atoms with Crippen molar-refractivity contribution in [3.63, 3.8) is 0 Å². The normalized spacial score (nSPS) is 13.8. The van der Waals surface area contributed by atoms with E-state index in [0.29, 0.717) is 17.0 Å². The Morgan fingerprint density at radius 3 is 2.70 bits per heavy atom. The van der Waals surface area contributed by atoms with Gasteiger partial charge in [-0.05, 0) is 66.3 Å². The molecule has 8 heteroatoms. The van der Waals surface area contributed by atoms with Crippen molar-refractivity contribution in [2.24, 2.45) is 12.2 Å². The van der Waals surface area contributed by atoms with E-state index >= 15 is 0 Å². The molecule has 0 amide bonds. The van der Waals surface area contributed by atoms with E-state index in [0.717, 1.165) is 24.1 Å². The molecule has 0 saturated heterocycles. The molecule has 3 aromatic rings. The predicted molar refractivity (Wildman–Crippen MR) is 113 cm³/mol. The molecule has 0 unspecified atom stereocenters. The summed E-state index contributed by atoms with van der Waals surface area (Å²) in [6.07, 6.45) is 4.64. The van der Waals surface area contributed by atoms with Crippen molar-refractivity contribution < 1.29 is 9.57 Å². The highest BCUT2D eigenvalue weighted by atomic mass is 16.6. The minimum atomic E-state index is -0.347. The number of rotatable bonds is 6. The van der Waals surface area contributed by atoms with E-state index < -0.39 is 0 Å². The molecule has 0 spiro atoms. The van der Waals surface area contributed by atoms with Gasteiger partial charge in [-0.1, -0.05) is 29.4 Å². The summed E-state index contributed by atoms with van der Waals surface area (Å²) in [6, 6.07) is 11.8. The number of aromatic nitrogens is 4. The lowest BCUT2D eigenvalue weighted by Gasteiger charge is -2.19. The lowest BCUT2D eigenvalue weighted by Crippen LogP contribution is -2.23. The number of benzene rings is 2. The van der Waals surface area contributed by atoms with Crippen molar-refractivity contribution in [2.75, 3.05) is 7.11 Å². The minimum Gasteiger partial charge on any atom is -0.496 e. The molecule has 0 bridgehead atoms. The Morgan fingerprint density at radius 1 is 1.13 bits per heavy atom. The zero-order chi connectivity index (χ0) is 21.1. The third-order valence-electron chi connectivity index (χ3n) is 5.47. The smallest absolute Gasteiger partial charge is 0.368 e. The Balaban J connectivity index is 1.61. The van der Waals surface area contributed by atoms with Gasteiger partial charge in [-0.15, -0.1) is 0 Å². The van der Waals surface area contributed by atoms with Gasteiger partial charge >= 0.3 is 5.69 Å². The van der Waals surface area contributed by atoms with Crippen LogP contribution in [0.3, 0.4) is 0 Å². The van der Waals surface area contributed by atoms with Crippen molar-refractivity contribution in [2.45, 2.75) is 39.2 Å². The summed E-state index contributed by atoms with van der Waals surface area (Å²) in [4.78, 5) is 18.0. The molecule has 0 aliphatic heterocycles. The zero-order valence-electron chi connectivity index (χ0n) is 17.5. The number of tetrazole rings is 1. The molecule has 2 aromatic carbocycles. The molecule has 1 aliphatic rings. The summed E-state index contributed by atoms with van der Waals surface area (Å²) < 4.78 is 7.87. The first-order valence-corrected chi connectivity index (χ1v) is 10.0. The average Bonchev–Trinajstić information content (AvgIpc) is 3.11. The van der Waals surface area contributed by atoms with E-state index in [2.05, 4.69) is 33.8 Å². The molecule has 1 aromatic heterocycles. The van der Waals surface area contributed by atoms with Gasteiger partial charge in [0, 0.05) is 12.6 Å². The maximum Gasteiger partial charge on any atom is 0.368 e. The van der Waals surface area contributed by atoms with Crippen LogP contribution in [0.15, 0.2) is 46.3 Å². The Kier molecular flexibility index (Phi) is 5.65. The topological polar surface area (TPSA) is 83.5 Å². The fraction of sp³-hybridized carbons (Fsp3) is 0.364. The summed E-state index contributed by atoms with van der Waals surface area (Å²) in [7, 11) is 3.13. The Labute approximate surface area is 174 Å². The lowest BCUT2D eigenvalue weighted by molar-refractivity contribution is 0.128. The first-order valence-electron chi connectivity index (χ1n) is 10.0. The van der Waals surface area contributed by atoms with Gasteiger partial charge in [-0.2, -0.15) is 9.36 Å². The SMILES string of the molecule is COc1cccc(-n2nnn(C)c2=O)c1CON=C(C)c1cccc2c1CCCC2. The number of hydrogen-bond acceptors (Lipinski definition) is 6. The molecule has 4 rings (SSSR count). The minimum absolute atomic E-state index is 0.134. The number of aryl methyl sites for hydroxylation is 2. The molecule has 0 saturated carbocycles. The maximum absolute atomic E-state index is 12.3. The zero-order valence-corrected chi connectivity index (χ0v) is 17.5. The second kappa shape index (κ2) is 8.52. The van der Waals surface area contributed by atoms with E-state index in [1.807, 2.05) is 13.0 Å². The summed E-state index contributed by atoms with van der Waals surface area (Å²) in [5, 5.41) is 12.1. The van der Waals surface area contributed by atoms with Gasteiger partial charge in [-0.25, -0.2) is 4.79 Å².